The molecule has 1 aliphatic rings. The molecule has 1 aromatic heterocycles. The Bertz CT molecular complexity index is 703. The molecule has 0 aliphatic carbocycles. The van der Waals surface area contributed by atoms with E-state index in [1.807, 2.05) is 13.0 Å². The van der Waals surface area contributed by atoms with Gasteiger partial charge >= 0.3 is 0 Å². The highest BCUT2D eigenvalue weighted by atomic mass is 16.2. The summed E-state index contributed by atoms with van der Waals surface area (Å²) in [5.41, 5.74) is 0.471. The van der Waals surface area contributed by atoms with Crippen LogP contribution in [0.25, 0.3) is 0 Å². The SMILES string of the molecule is C[C@H]1CC[C@@H](C#N)N1C(=O)CNC#CNc1ccc(C#N)cn1. The van der Waals surface area contributed by atoms with Crippen molar-refractivity contribution < 1.29 is 4.79 Å². The van der Waals surface area contributed by atoms with E-state index >= 15 is 0 Å². The molecular formula is C16H16N6O. The second-order valence-corrected chi connectivity index (χ2v) is 5.14. The number of nitrogens with one attached hydrogen (secondary N) is 2. The van der Waals surface area contributed by atoms with Gasteiger partial charge in [0.25, 0.3) is 0 Å². The molecule has 1 fully saturated rings. The molecule has 0 saturated carbocycles. The maximum Gasteiger partial charge on any atom is 0.243 e. The van der Waals surface area contributed by atoms with Crippen LogP contribution in [0.5, 0.6) is 0 Å². The van der Waals surface area contributed by atoms with Gasteiger partial charge in [-0.1, -0.05) is 0 Å². The molecule has 23 heavy (non-hydrogen) atoms. The van der Waals surface area contributed by atoms with E-state index in [2.05, 4.69) is 33.8 Å². The predicted octanol–water partition coefficient (Wildman–Crippen LogP) is 0.776. The molecular weight excluding hydrogens is 292 g/mol. The summed E-state index contributed by atoms with van der Waals surface area (Å²) in [7, 11) is 0. The first-order chi connectivity index (χ1) is 11.2. The second-order valence-electron chi connectivity index (χ2n) is 5.14. The average Bonchev–Trinajstić information content (AvgIpc) is 2.95. The van der Waals surface area contributed by atoms with Crippen LogP contribution < -0.4 is 10.6 Å². The standard InChI is InChI=1S/C16H16N6O/c1-12-2-4-14(9-18)22(12)16(23)11-19-6-7-20-15-5-3-13(8-17)10-21-15/h3,5,10,12,14,19H,2,4,11H2,1H3,(H,20,21)/t12-,14-/m0/s1. The minimum atomic E-state index is -0.340. The number of nitriles is 2. The summed E-state index contributed by atoms with van der Waals surface area (Å²) < 4.78 is 0. The number of aromatic nitrogens is 1. The molecule has 0 bridgehead atoms. The molecule has 1 saturated heterocycles. The zero-order valence-corrected chi connectivity index (χ0v) is 12.7. The van der Waals surface area contributed by atoms with Gasteiger partial charge in [-0.3, -0.25) is 10.1 Å². The Balaban J connectivity index is 1.80. The van der Waals surface area contributed by atoms with E-state index in [1.165, 1.54) is 6.20 Å². The van der Waals surface area contributed by atoms with Gasteiger partial charge in [0, 0.05) is 24.3 Å². The first-order valence-electron chi connectivity index (χ1n) is 7.21. The van der Waals surface area contributed by atoms with E-state index in [0.29, 0.717) is 11.4 Å². The van der Waals surface area contributed by atoms with Crippen molar-refractivity contribution in [2.24, 2.45) is 0 Å². The molecule has 1 amide bonds. The fraction of sp³-hybridized carbons (Fsp3) is 0.375. The van der Waals surface area contributed by atoms with Crippen LogP contribution in [0.3, 0.4) is 0 Å². The Morgan fingerprint density at radius 3 is 2.87 bits per heavy atom. The van der Waals surface area contributed by atoms with Crippen LogP contribution in [-0.2, 0) is 4.79 Å². The van der Waals surface area contributed by atoms with Crippen LogP contribution in [-0.4, -0.2) is 34.4 Å². The fourth-order valence-electron chi connectivity index (χ4n) is 2.42. The molecule has 1 aromatic rings. The highest BCUT2D eigenvalue weighted by Gasteiger charge is 2.33. The zero-order chi connectivity index (χ0) is 16.7. The van der Waals surface area contributed by atoms with E-state index in [-0.39, 0.29) is 24.5 Å². The average molecular weight is 308 g/mol. The smallest absolute Gasteiger partial charge is 0.243 e. The molecule has 2 heterocycles. The van der Waals surface area contributed by atoms with Crippen molar-refractivity contribution in [3.05, 3.63) is 23.9 Å². The van der Waals surface area contributed by atoms with Crippen molar-refractivity contribution in [2.45, 2.75) is 31.8 Å². The summed E-state index contributed by atoms with van der Waals surface area (Å²) >= 11 is 0. The highest BCUT2D eigenvalue weighted by molar-refractivity contribution is 5.79. The second kappa shape index (κ2) is 7.68. The van der Waals surface area contributed by atoms with Gasteiger partial charge in [0.15, 0.2) is 0 Å². The van der Waals surface area contributed by atoms with Gasteiger partial charge in [-0.25, -0.2) is 4.98 Å². The van der Waals surface area contributed by atoms with E-state index in [9.17, 15) is 4.79 Å². The van der Waals surface area contributed by atoms with Gasteiger partial charge in [0.05, 0.1) is 11.6 Å². The van der Waals surface area contributed by atoms with E-state index < -0.39 is 0 Å². The quantitative estimate of drug-likeness (QED) is 0.631. The summed E-state index contributed by atoms with van der Waals surface area (Å²) in [6, 6.07) is 12.4. The van der Waals surface area contributed by atoms with Crippen LogP contribution in [0.4, 0.5) is 5.82 Å². The highest BCUT2D eigenvalue weighted by Crippen LogP contribution is 2.23. The number of nitrogens with zero attached hydrogens (tertiary/aromatic N) is 4. The van der Waals surface area contributed by atoms with Gasteiger partial charge < -0.3 is 10.2 Å². The third-order valence-corrected chi connectivity index (χ3v) is 3.58. The summed E-state index contributed by atoms with van der Waals surface area (Å²) in [5.74, 6) is 0.384. The zero-order valence-electron chi connectivity index (χ0n) is 12.7. The Labute approximate surface area is 134 Å². The number of hydrogen-bond acceptors (Lipinski definition) is 6. The summed E-state index contributed by atoms with van der Waals surface area (Å²) in [4.78, 5) is 17.7. The monoisotopic (exact) mass is 308 g/mol. The van der Waals surface area contributed by atoms with Crippen LogP contribution in [0.2, 0.25) is 0 Å². The third-order valence-electron chi connectivity index (χ3n) is 3.58. The molecule has 2 atom stereocenters. The van der Waals surface area contributed by atoms with Crippen molar-refractivity contribution in [1.82, 2.24) is 15.2 Å². The van der Waals surface area contributed by atoms with Gasteiger partial charge in [0.2, 0.25) is 5.91 Å². The minimum absolute atomic E-state index is 0.0536. The first kappa shape index (κ1) is 16.1. The largest absolute Gasteiger partial charge is 0.335 e. The number of pyridine rings is 1. The molecule has 116 valence electrons. The Morgan fingerprint density at radius 2 is 2.22 bits per heavy atom. The van der Waals surface area contributed by atoms with E-state index in [1.54, 1.807) is 17.0 Å². The predicted molar refractivity (Wildman–Crippen MR) is 83.3 cm³/mol. The molecule has 7 heteroatoms. The van der Waals surface area contributed by atoms with Gasteiger partial charge in [0.1, 0.15) is 24.5 Å². The van der Waals surface area contributed by atoms with Gasteiger partial charge in [-0.05, 0) is 31.9 Å². The van der Waals surface area contributed by atoms with Crippen molar-refractivity contribution in [1.29, 1.82) is 10.5 Å². The molecule has 2 N–H and O–H groups in total. The van der Waals surface area contributed by atoms with Gasteiger partial charge in [-0.2, -0.15) is 10.5 Å². The number of rotatable bonds is 3. The topological polar surface area (TPSA) is 105 Å². The Hall–Kier alpha value is -3.24. The molecule has 1 aliphatic heterocycles. The van der Waals surface area contributed by atoms with Crippen LogP contribution >= 0.6 is 0 Å². The van der Waals surface area contributed by atoms with Crippen molar-refractivity contribution in [2.75, 3.05) is 11.9 Å². The number of carbonyl (C=O) groups excluding carboxylic acids is 1. The lowest BCUT2D eigenvalue weighted by atomic mass is 10.2. The van der Waals surface area contributed by atoms with E-state index in [4.69, 9.17) is 10.5 Å². The number of amides is 1. The van der Waals surface area contributed by atoms with Crippen LogP contribution in [0.1, 0.15) is 25.3 Å². The first-order valence-corrected chi connectivity index (χ1v) is 7.21. The lowest BCUT2D eigenvalue weighted by molar-refractivity contribution is -0.131. The number of anilines is 1. The van der Waals surface area contributed by atoms with Crippen molar-refractivity contribution in [3.63, 3.8) is 0 Å². The Morgan fingerprint density at radius 1 is 1.39 bits per heavy atom. The molecule has 7 nitrogen and oxygen atoms in total. The summed E-state index contributed by atoms with van der Waals surface area (Å²) in [5, 5.41) is 23.2. The molecule has 0 unspecified atom stereocenters. The fourth-order valence-corrected chi connectivity index (χ4v) is 2.42. The molecule has 0 aromatic carbocycles. The Kier molecular flexibility index (Phi) is 5.39. The molecule has 2 rings (SSSR count). The van der Waals surface area contributed by atoms with Crippen molar-refractivity contribution in [3.8, 4) is 24.2 Å². The number of hydrogen-bond donors (Lipinski definition) is 2. The van der Waals surface area contributed by atoms with Gasteiger partial charge in [-0.15, -0.1) is 0 Å². The summed E-state index contributed by atoms with van der Waals surface area (Å²) in [6.07, 6.45) is 3.01. The third kappa shape index (κ3) is 4.12. The molecule has 0 spiro atoms. The number of likely N-dealkylation sites (tertiary alicyclic amines) is 1. The van der Waals surface area contributed by atoms with E-state index in [0.717, 1.165) is 12.8 Å². The lowest BCUT2D eigenvalue weighted by Crippen LogP contribution is -2.43. The molecule has 0 radical (unpaired) electrons. The maximum atomic E-state index is 12.1. The maximum absolute atomic E-state index is 12.1. The lowest BCUT2D eigenvalue weighted by Gasteiger charge is -2.24. The number of carbonyl (C=O) groups is 1. The summed E-state index contributed by atoms with van der Waals surface area (Å²) in [6.45, 7) is 2.00. The van der Waals surface area contributed by atoms with Crippen molar-refractivity contribution >= 4 is 11.7 Å². The normalized spacial score (nSPS) is 19.0. The minimum Gasteiger partial charge on any atom is -0.335 e. The van der Waals surface area contributed by atoms with Crippen LogP contribution in [0.15, 0.2) is 18.3 Å². The van der Waals surface area contributed by atoms with Crippen LogP contribution in [0, 0.1) is 34.8 Å².